The van der Waals surface area contributed by atoms with Crippen molar-refractivity contribution in [3.8, 4) is 0 Å². The predicted octanol–water partition coefficient (Wildman–Crippen LogP) is 0.292. The van der Waals surface area contributed by atoms with Crippen molar-refractivity contribution in [2.75, 3.05) is 19.6 Å². The van der Waals surface area contributed by atoms with Gasteiger partial charge in [-0.15, -0.1) is 0 Å². The molecule has 18 heavy (non-hydrogen) atoms. The van der Waals surface area contributed by atoms with Crippen LogP contribution in [0.4, 0.5) is 0 Å². The molecule has 1 aromatic rings. The van der Waals surface area contributed by atoms with Crippen LogP contribution in [-0.2, 0) is 4.79 Å². The maximum atomic E-state index is 11.5. The van der Waals surface area contributed by atoms with Crippen LogP contribution in [0.5, 0.6) is 0 Å². The van der Waals surface area contributed by atoms with E-state index in [1.165, 1.54) is 0 Å². The Morgan fingerprint density at radius 1 is 1.61 bits per heavy atom. The number of carbonyl (C=O) groups excluding carboxylic acids is 1. The lowest BCUT2D eigenvalue weighted by molar-refractivity contribution is -0.125. The van der Waals surface area contributed by atoms with E-state index in [4.69, 9.17) is 5.73 Å². The van der Waals surface area contributed by atoms with Crippen LogP contribution >= 0.6 is 0 Å². The third-order valence-electron chi connectivity index (χ3n) is 3.36. The molecule has 1 amide bonds. The van der Waals surface area contributed by atoms with E-state index in [-0.39, 0.29) is 18.0 Å². The molecule has 0 spiro atoms. The summed E-state index contributed by atoms with van der Waals surface area (Å²) in [7, 11) is 0. The zero-order valence-electron chi connectivity index (χ0n) is 10.7. The quantitative estimate of drug-likeness (QED) is 0.803. The number of pyridine rings is 1. The number of rotatable bonds is 4. The number of hydrogen-bond donors (Lipinski definition) is 2. The molecule has 2 heterocycles. The maximum absolute atomic E-state index is 11.5. The maximum Gasteiger partial charge on any atom is 0.234 e. The number of hydrogen-bond acceptors (Lipinski definition) is 4. The predicted molar refractivity (Wildman–Crippen MR) is 69.8 cm³/mol. The van der Waals surface area contributed by atoms with Crippen molar-refractivity contribution >= 4 is 5.91 Å². The van der Waals surface area contributed by atoms with E-state index in [0.29, 0.717) is 13.1 Å². The first kappa shape index (κ1) is 13.0. The van der Waals surface area contributed by atoms with Crippen molar-refractivity contribution in [1.29, 1.82) is 0 Å². The number of nitrogens with one attached hydrogen (secondary N) is 1. The molecule has 0 aliphatic carbocycles. The Bertz CT molecular complexity index is 395. The number of nitrogens with zero attached hydrogens (tertiary/aromatic N) is 2. The molecule has 0 bridgehead atoms. The lowest BCUT2D eigenvalue weighted by Crippen LogP contribution is -2.52. The molecule has 0 aromatic carbocycles. The molecule has 5 heteroatoms. The largest absolute Gasteiger partial charge is 0.354 e. The van der Waals surface area contributed by atoms with E-state index < -0.39 is 0 Å². The van der Waals surface area contributed by atoms with Crippen molar-refractivity contribution in [3.05, 3.63) is 30.1 Å². The van der Waals surface area contributed by atoms with E-state index in [2.05, 4.69) is 22.1 Å². The van der Waals surface area contributed by atoms with Gasteiger partial charge in [0.15, 0.2) is 0 Å². The van der Waals surface area contributed by atoms with Crippen molar-refractivity contribution < 1.29 is 4.79 Å². The minimum Gasteiger partial charge on any atom is -0.354 e. The summed E-state index contributed by atoms with van der Waals surface area (Å²) in [5.41, 5.74) is 7.31. The molecular weight excluding hydrogens is 228 g/mol. The van der Waals surface area contributed by atoms with Gasteiger partial charge >= 0.3 is 0 Å². The first-order valence-corrected chi connectivity index (χ1v) is 6.38. The van der Waals surface area contributed by atoms with E-state index in [1.54, 1.807) is 6.20 Å². The number of carbonyl (C=O) groups is 1. The van der Waals surface area contributed by atoms with Gasteiger partial charge in [0, 0.05) is 31.5 Å². The molecule has 1 aliphatic rings. The van der Waals surface area contributed by atoms with E-state index >= 15 is 0 Å². The average Bonchev–Trinajstić information content (AvgIpc) is 2.40. The highest BCUT2D eigenvalue weighted by Crippen LogP contribution is 2.24. The van der Waals surface area contributed by atoms with Gasteiger partial charge in [-0.3, -0.25) is 14.7 Å². The lowest BCUT2D eigenvalue weighted by atomic mass is 9.97. The fourth-order valence-electron chi connectivity index (χ4n) is 2.40. The summed E-state index contributed by atoms with van der Waals surface area (Å²) >= 11 is 0. The molecule has 98 valence electrons. The SMILES string of the molecule is CCC(N)C(c1cccnc1)N1CCNC(=O)C1. The van der Waals surface area contributed by atoms with Crippen LogP contribution in [-0.4, -0.2) is 41.5 Å². The van der Waals surface area contributed by atoms with Gasteiger partial charge in [-0.05, 0) is 18.1 Å². The van der Waals surface area contributed by atoms with E-state index in [9.17, 15) is 4.79 Å². The molecule has 2 atom stereocenters. The Labute approximate surface area is 107 Å². The highest BCUT2D eigenvalue weighted by atomic mass is 16.2. The molecule has 2 rings (SSSR count). The summed E-state index contributed by atoms with van der Waals surface area (Å²) < 4.78 is 0. The third kappa shape index (κ3) is 2.86. The second kappa shape index (κ2) is 5.93. The number of piperazine rings is 1. The molecule has 3 N–H and O–H groups in total. The van der Waals surface area contributed by atoms with Gasteiger partial charge in [0.1, 0.15) is 0 Å². The van der Waals surface area contributed by atoms with Gasteiger partial charge < -0.3 is 11.1 Å². The van der Waals surface area contributed by atoms with Crippen molar-refractivity contribution in [1.82, 2.24) is 15.2 Å². The molecule has 2 unspecified atom stereocenters. The topological polar surface area (TPSA) is 71.2 Å². The molecule has 0 radical (unpaired) electrons. The standard InChI is InChI=1S/C13H20N4O/c1-2-11(14)13(10-4-3-5-15-8-10)17-7-6-16-12(18)9-17/h3-5,8,11,13H,2,6-7,9,14H2,1H3,(H,16,18). The lowest BCUT2D eigenvalue weighted by Gasteiger charge is -2.37. The number of amides is 1. The zero-order chi connectivity index (χ0) is 13.0. The van der Waals surface area contributed by atoms with Crippen LogP contribution in [0.25, 0.3) is 0 Å². The van der Waals surface area contributed by atoms with Gasteiger partial charge in [-0.25, -0.2) is 0 Å². The van der Waals surface area contributed by atoms with Crippen LogP contribution in [0.2, 0.25) is 0 Å². The Hall–Kier alpha value is -1.46. The van der Waals surface area contributed by atoms with Crippen molar-refractivity contribution in [3.63, 3.8) is 0 Å². The fourth-order valence-corrected chi connectivity index (χ4v) is 2.40. The molecule has 0 saturated carbocycles. The minimum atomic E-state index is 0.0140. The van der Waals surface area contributed by atoms with Gasteiger partial charge in [0.25, 0.3) is 0 Å². The van der Waals surface area contributed by atoms with E-state index in [0.717, 1.165) is 18.5 Å². The van der Waals surface area contributed by atoms with E-state index in [1.807, 2.05) is 18.3 Å². The second-order valence-corrected chi connectivity index (χ2v) is 4.62. The third-order valence-corrected chi connectivity index (χ3v) is 3.36. The van der Waals surface area contributed by atoms with Crippen LogP contribution in [0.15, 0.2) is 24.5 Å². The Morgan fingerprint density at radius 2 is 2.44 bits per heavy atom. The smallest absolute Gasteiger partial charge is 0.234 e. The monoisotopic (exact) mass is 248 g/mol. The summed E-state index contributed by atoms with van der Waals surface area (Å²) in [6.45, 7) is 4.00. The molecule has 1 fully saturated rings. The Kier molecular flexibility index (Phi) is 4.28. The Morgan fingerprint density at radius 3 is 3.06 bits per heavy atom. The summed E-state index contributed by atoms with van der Waals surface area (Å²) in [5, 5.41) is 2.84. The van der Waals surface area contributed by atoms with Crippen LogP contribution < -0.4 is 11.1 Å². The summed E-state index contributed by atoms with van der Waals surface area (Å²) in [6.07, 6.45) is 4.46. The summed E-state index contributed by atoms with van der Waals surface area (Å²) in [4.78, 5) is 17.8. The molecule has 1 saturated heterocycles. The fraction of sp³-hybridized carbons (Fsp3) is 0.538. The second-order valence-electron chi connectivity index (χ2n) is 4.62. The minimum absolute atomic E-state index is 0.0140. The summed E-state index contributed by atoms with van der Waals surface area (Å²) in [5.74, 6) is 0.0680. The first-order chi connectivity index (χ1) is 8.72. The zero-order valence-corrected chi connectivity index (χ0v) is 10.7. The summed E-state index contributed by atoms with van der Waals surface area (Å²) in [6, 6.07) is 4.02. The van der Waals surface area contributed by atoms with Crippen LogP contribution in [0.3, 0.4) is 0 Å². The van der Waals surface area contributed by atoms with Gasteiger partial charge in [-0.2, -0.15) is 0 Å². The molecule has 1 aromatic heterocycles. The van der Waals surface area contributed by atoms with Crippen LogP contribution in [0, 0.1) is 0 Å². The van der Waals surface area contributed by atoms with Gasteiger partial charge in [-0.1, -0.05) is 13.0 Å². The number of nitrogens with two attached hydrogens (primary N) is 1. The first-order valence-electron chi connectivity index (χ1n) is 6.38. The van der Waals surface area contributed by atoms with Gasteiger partial charge in [0.05, 0.1) is 12.6 Å². The average molecular weight is 248 g/mol. The molecule has 5 nitrogen and oxygen atoms in total. The van der Waals surface area contributed by atoms with Crippen LogP contribution in [0.1, 0.15) is 24.9 Å². The normalized spacial score (nSPS) is 20.2. The number of aromatic nitrogens is 1. The Balaban J connectivity index is 2.22. The van der Waals surface area contributed by atoms with Crippen molar-refractivity contribution in [2.24, 2.45) is 5.73 Å². The molecule has 1 aliphatic heterocycles. The van der Waals surface area contributed by atoms with Crippen molar-refractivity contribution in [2.45, 2.75) is 25.4 Å². The highest BCUT2D eigenvalue weighted by molar-refractivity contribution is 5.78. The molecular formula is C13H20N4O. The van der Waals surface area contributed by atoms with Gasteiger partial charge in [0.2, 0.25) is 5.91 Å². The highest BCUT2D eigenvalue weighted by Gasteiger charge is 2.29.